The lowest BCUT2D eigenvalue weighted by Crippen LogP contribution is -2.29. The Kier molecular flexibility index (Phi) is 3.39. The molecule has 1 aliphatic rings. The molecule has 0 aliphatic carbocycles. The maximum Gasteiger partial charge on any atom is 0.0829 e. The Labute approximate surface area is 91.4 Å². The zero-order valence-electron chi connectivity index (χ0n) is 9.28. The van der Waals surface area contributed by atoms with Gasteiger partial charge >= 0.3 is 0 Å². The minimum Gasteiger partial charge on any atom is -0.369 e. The first-order chi connectivity index (χ1) is 7.29. The van der Waals surface area contributed by atoms with Crippen LogP contribution in [-0.2, 0) is 4.74 Å². The van der Waals surface area contributed by atoms with Gasteiger partial charge in [0.2, 0.25) is 0 Å². The van der Waals surface area contributed by atoms with Gasteiger partial charge in [0, 0.05) is 6.54 Å². The van der Waals surface area contributed by atoms with Gasteiger partial charge in [0.05, 0.1) is 12.2 Å². The van der Waals surface area contributed by atoms with Gasteiger partial charge in [-0.05, 0) is 31.7 Å². The van der Waals surface area contributed by atoms with Crippen LogP contribution in [0.1, 0.15) is 36.5 Å². The molecule has 2 nitrogen and oxygen atoms in total. The molecule has 15 heavy (non-hydrogen) atoms. The predicted octanol–water partition coefficient (Wildman–Crippen LogP) is 2.56. The summed E-state index contributed by atoms with van der Waals surface area (Å²) in [4.78, 5) is 0. The van der Waals surface area contributed by atoms with Crippen LogP contribution in [0.25, 0.3) is 0 Å². The van der Waals surface area contributed by atoms with E-state index in [9.17, 15) is 0 Å². The fraction of sp³-hybridized carbons (Fsp3) is 0.538. The highest BCUT2D eigenvalue weighted by molar-refractivity contribution is 5.23. The van der Waals surface area contributed by atoms with E-state index in [2.05, 4.69) is 31.2 Å². The number of aryl methyl sites for hydroxylation is 1. The van der Waals surface area contributed by atoms with Crippen molar-refractivity contribution in [1.29, 1.82) is 0 Å². The third-order valence-corrected chi connectivity index (χ3v) is 3.06. The first kappa shape index (κ1) is 10.7. The standard InChI is InChI=1S/C13H19NO/c1-10-5-7-11(8-6-10)13-4-2-3-12(9-14)15-13/h5-8,12-13H,2-4,9,14H2,1H3/t12-,13+/m0/s1. The Morgan fingerprint density at radius 1 is 1.27 bits per heavy atom. The number of ether oxygens (including phenoxy) is 1. The number of hydrogen-bond donors (Lipinski definition) is 1. The Hall–Kier alpha value is -0.860. The van der Waals surface area contributed by atoms with E-state index in [0.717, 1.165) is 12.8 Å². The molecule has 1 aromatic rings. The van der Waals surface area contributed by atoms with E-state index in [1.165, 1.54) is 17.5 Å². The maximum atomic E-state index is 5.94. The number of benzene rings is 1. The molecule has 0 unspecified atom stereocenters. The van der Waals surface area contributed by atoms with Crippen LogP contribution < -0.4 is 5.73 Å². The van der Waals surface area contributed by atoms with E-state index in [0.29, 0.717) is 6.54 Å². The molecule has 0 amide bonds. The van der Waals surface area contributed by atoms with Gasteiger partial charge in [0.15, 0.2) is 0 Å². The highest BCUT2D eigenvalue weighted by atomic mass is 16.5. The molecule has 2 rings (SSSR count). The monoisotopic (exact) mass is 205 g/mol. The molecule has 0 saturated carbocycles. The molecule has 2 N–H and O–H groups in total. The topological polar surface area (TPSA) is 35.2 Å². The molecule has 1 heterocycles. The fourth-order valence-corrected chi connectivity index (χ4v) is 2.10. The van der Waals surface area contributed by atoms with Crippen molar-refractivity contribution in [2.24, 2.45) is 5.73 Å². The molecule has 2 heteroatoms. The highest BCUT2D eigenvalue weighted by Crippen LogP contribution is 2.30. The van der Waals surface area contributed by atoms with E-state index in [1.807, 2.05) is 0 Å². The lowest BCUT2D eigenvalue weighted by Gasteiger charge is -2.29. The summed E-state index contributed by atoms with van der Waals surface area (Å²) in [5.74, 6) is 0. The smallest absolute Gasteiger partial charge is 0.0829 e. The quantitative estimate of drug-likeness (QED) is 0.805. The van der Waals surface area contributed by atoms with Crippen LogP contribution >= 0.6 is 0 Å². The van der Waals surface area contributed by atoms with Crippen LogP contribution in [-0.4, -0.2) is 12.6 Å². The van der Waals surface area contributed by atoms with E-state index < -0.39 is 0 Å². The van der Waals surface area contributed by atoms with Crippen LogP contribution in [0.2, 0.25) is 0 Å². The largest absolute Gasteiger partial charge is 0.369 e. The third-order valence-electron chi connectivity index (χ3n) is 3.06. The fourth-order valence-electron chi connectivity index (χ4n) is 2.10. The molecular formula is C13H19NO. The van der Waals surface area contributed by atoms with Gasteiger partial charge < -0.3 is 10.5 Å². The van der Waals surface area contributed by atoms with Gasteiger partial charge in [-0.2, -0.15) is 0 Å². The van der Waals surface area contributed by atoms with Gasteiger partial charge in [0.25, 0.3) is 0 Å². The van der Waals surface area contributed by atoms with Gasteiger partial charge in [-0.3, -0.25) is 0 Å². The molecule has 1 saturated heterocycles. The highest BCUT2D eigenvalue weighted by Gasteiger charge is 2.22. The zero-order chi connectivity index (χ0) is 10.7. The second kappa shape index (κ2) is 4.77. The second-order valence-electron chi connectivity index (χ2n) is 4.32. The van der Waals surface area contributed by atoms with Crippen molar-refractivity contribution in [3.63, 3.8) is 0 Å². The molecule has 82 valence electrons. The second-order valence-corrected chi connectivity index (χ2v) is 4.32. The molecule has 1 aliphatic heterocycles. The van der Waals surface area contributed by atoms with E-state index in [1.54, 1.807) is 0 Å². The molecule has 0 aromatic heterocycles. The molecule has 0 radical (unpaired) electrons. The summed E-state index contributed by atoms with van der Waals surface area (Å²) in [5, 5.41) is 0. The summed E-state index contributed by atoms with van der Waals surface area (Å²) < 4.78 is 5.94. The molecular weight excluding hydrogens is 186 g/mol. The van der Waals surface area contributed by atoms with Gasteiger partial charge in [0.1, 0.15) is 0 Å². The summed E-state index contributed by atoms with van der Waals surface area (Å²) in [6.07, 6.45) is 3.97. The number of hydrogen-bond acceptors (Lipinski definition) is 2. The summed E-state index contributed by atoms with van der Waals surface area (Å²) in [6, 6.07) is 8.62. The predicted molar refractivity (Wildman–Crippen MR) is 61.7 cm³/mol. The van der Waals surface area contributed by atoms with Crippen molar-refractivity contribution in [2.45, 2.75) is 38.4 Å². The third kappa shape index (κ3) is 2.58. The summed E-state index contributed by atoms with van der Waals surface area (Å²) in [6.45, 7) is 2.75. The molecule has 1 fully saturated rings. The van der Waals surface area contributed by atoms with Crippen molar-refractivity contribution in [1.82, 2.24) is 0 Å². The lowest BCUT2D eigenvalue weighted by atomic mass is 9.98. The Balaban J connectivity index is 2.06. The van der Waals surface area contributed by atoms with E-state index in [-0.39, 0.29) is 12.2 Å². The number of nitrogens with two attached hydrogens (primary N) is 1. The van der Waals surface area contributed by atoms with Crippen LogP contribution in [0.15, 0.2) is 24.3 Å². The average molecular weight is 205 g/mol. The van der Waals surface area contributed by atoms with Crippen molar-refractivity contribution < 1.29 is 4.74 Å². The summed E-state index contributed by atoms with van der Waals surface area (Å²) in [7, 11) is 0. The Morgan fingerprint density at radius 2 is 2.00 bits per heavy atom. The van der Waals surface area contributed by atoms with Crippen LogP contribution in [0.4, 0.5) is 0 Å². The van der Waals surface area contributed by atoms with Gasteiger partial charge in [-0.25, -0.2) is 0 Å². The van der Waals surface area contributed by atoms with Crippen LogP contribution in [0.5, 0.6) is 0 Å². The molecule has 0 bridgehead atoms. The van der Waals surface area contributed by atoms with Gasteiger partial charge in [-0.1, -0.05) is 29.8 Å². The summed E-state index contributed by atoms with van der Waals surface area (Å²) in [5.41, 5.74) is 8.23. The van der Waals surface area contributed by atoms with Crippen LogP contribution in [0, 0.1) is 6.92 Å². The maximum absolute atomic E-state index is 5.94. The van der Waals surface area contributed by atoms with Crippen LogP contribution in [0.3, 0.4) is 0 Å². The van der Waals surface area contributed by atoms with Crippen molar-refractivity contribution >= 4 is 0 Å². The minimum atomic E-state index is 0.255. The van der Waals surface area contributed by atoms with Crippen molar-refractivity contribution in [3.05, 3.63) is 35.4 Å². The average Bonchev–Trinajstić information content (AvgIpc) is 2.30. The Morgan fingerprint density at radius 3 is 2.67 bits per heavy atom. The van der Waals surface area contributed by atoms with E-state index >= 15 is 0 Å². The van der Waals surface area contributed by atoms with Crippen molar-refractivity contribution in [2.75, 3.05) is 6.54 Å². The molecule has 1 aromatic carbocycles. The normalized spacial score (nSPS) is 26.5. The Bertz CT molecular complexity index is 307. The van der Waals surface area contributed by atoms with Gasteiger partial charge in [-0.15, -0.1) is 0 Å². The van der Waals surface area contributed by atoms with E-state index in [4.69, 9.17) is 10.5 Å². The zero-order valence-corrected chi connectivity index (χ0v) is 9.28. The SMILES string of the molecule is Cc1ccc([C@H]2CCC[C@@H](CN)O2)cc1. The van der Waals surface area contributed by atoms with Crippen molar-refractivity contribution in [3.8, 4) is 0 Å². The summed E-state index contributed by atoms with van der Waals surface area (Å²) >= 11 is 0. The lowest BCUT2D eigenvalue weighted by molar-refractivity contribution is -0.0461. The minimum absolute atomic E-state index is 0.255. The molecule has 2 atom stereocenters. The first-order valence-corrected chi connectivity index (χ1v) is 5.71. The molecule has 0 spiro atoms. The number of rotatable bonds is 2. The first-order valence-electron chi connectivity index (χ1n) is 5.71.